The summed E-state index contributed by atoms with van der Waals surface area (Å²) < 4.78 is 1.91. The van der Waals surface area contributed by atoms with Gasteiger partial charge >= 0.3 is 0 Å². The molecule has 13 heavy (non-hydrogen) atoms. The maximum Gasteiger partial charge on any atom is 0.0924 e. The van der Waals surface area contributed by atoms with E-state index in [0.29, 0.717) is 0 Å². The summed E-state index contributed by atoms with van der Waals surface area (Å²) in [5.74, 6) is 0. The Morgan fingerprint density at radius 1 is 1.46 bits per heavy atom. The van der Waals surface area contributed by atoms with E-state index in [9.17, 15) is 0 Å². The van der Waals surface area contributed by atoms with Crippen molar-refractivity contribution in [1.82, 2.24) is 9.78 Å². The number of fused-ring (bicyclic) bond motifs is 1. The number of hydrogen-bond acceptors (Lipinski definition) is 1. The van der Waals surface area contributed by atoms with Gasteiger partial charge in [-0.15, -0.1) is 0 Å². The van der Waals surface area contributed by atoms with E-state index in [1.54, 1.807) is 0 Å². The van der Waals surface area contributed by atoms with Gasteiger partial charge in [-0.05, 0) is 18.2 Å². The molecule has 0 radical (unpaired) electrons. The minimum atomic E-state index is 0.755. The van der Waals surface area contributed by atoms with Crippen LogP contribution in [0.5, 0.6) is 0 Å². The van der Waals surface area contributed by atoms with Crippen LogP contribution in [0.4, 0.5) is 0 Å². The van der Waals surface area contributed by atoms with Gasteiger partial charge in [0, 0.05) is 21.9 Å². The van der Waals surface area contributed by atoms with Crippen LogP contribution in [-0.2, 0) is 6.54 Å². The standard InChI is InChI=1S/C9H8BrClN2/c10-3-4-13-6-7-5-8(11)1-2-9(7)12-13/h1-2,5-6H,3-4H2. The molecule has 0 unspecified atom stereocenters. The highest BCUT2D eigenvalue weighted by atomic mass is 79.9. The third-order valence-corrected chi connectivity index (χ3v) is 2.42. The Morgan fingerprint density at radius 3 is 3.08 bits per heavy atom. The summed E-state index contributed by atoms with van der Waals surface area (Å²) in [6.45, 7) is 0.881. The number of rotatable bonds is 2. The minimum Gasteiger partial charge on any atom is -0.271 e. The Balaban J connectivity index is 2.49. The number of aromatic nitrogens is 2. The van der Waals surface area contributed by atoms with Crippen LogP contribution in [0.2, 0.25) is 5.02 Å². The molecule has 0 atom stereocenters. The molecule has 2 rings (SSSR count). The molecule has 0 amide bonds. The lowest BCUT2D eigenvalue weighted by Crippen LogP contribution is -1.97. The normalized spacial score (nSPS) is 10.9. The molecule has 0 fully saturated rings. The number of hydrogen-bond donors (Lipinski definition) is 0. The molecule has 0 aliphatic carbocycles. The summed E-state index contributed by atoms with van der Waals surface area (Å²) in [7, 11) is 0. The molecule has 0 aliphatic rings. The van der Waals surface area contributed by atoms with E-state index >= 15 is 0 Å². The number of benzene rings is 1. The molecule has 1 heterocycles. The zero-order valence-corrected chi connectivity index (χ0v) is 9.22. The molecule has 0 bridgehead atoms. The maximum absolute atomic E-state index is 5.86. The first-order chi connectivity index (χ1) is 6.29. The zero-order valence-electron chi connectivity index (χ0n) is 6.87. The van der Waals surface area contributed by atoms with Crippen molar-refractivity contribution in [2.75, 3.05) is 5.33 Å². The molecule has 2 nitrogen and oxygen atoms in total. The summed E-state index contributed by atoms with van der Waals surface area (Å²) in [5.41, 5.74) is 0.991. The van der Waals surface area contributed by atoms with Gasteiger partial charge in [0.15, 0.2) is 0 Å². The highest BCUT2D eigenvalue weighted by molar-refractivity contribution is 9.09. The van der Waals surface area contributed by atoms with Gasteiger partial charge in [0.1, 0.15) is 0 Å². The van der Waals surface area contributed by atoms with Gasteiger partial charge in [-0.1, -0.05) is 27.5 Å². The van der Waals surface area contributed by atoms with Crippen LogP contribution in [0.15, 0.2) is 24.4 Å². The monoisotopic (exact) mass is 258 g/mol. The van der Waals surface area contributed by atoms with Gasteiger partial charge in [-0.2, -0.15) is 5.10 Å². The van der Waals surface area contributed by atoms with Crippen LogP contribution < -0.4 is 0 Å². The summed E-state index contributed by atoms with van der Waals surface area (Å²) in [6.07, 6.45) is 2.00. The molecular weight excluding hydrogens is 251 g/mol. The van der Waals surface area contributed by atoms with Crippen LogP contribution in [-0.4, -0.2) is 15.1 Å². The van der Waals surface area contributed by atoms with Gasteiger partial charge in [-0.25, -0.2) is 0 Å². The number of alkyl halides is 1. The summed E-state index contributed by atoms with van der Waals surface area (Å²) in [4.78, 5) is 0. The predicted molar refractivity (Wildman–Crippen MR) is 58.5 cm³/mol. The van der Waals surface area contributed by atoms with E-state index < -0.39 is 0 Å². The second-order valence-electron chi connectivity index (χ2n) is 2.78. The average Bonchev–Trinajstić information content (AvgIpc) is 2.46. The first-order valence-electron chi connectivity index (χ1n) is 3.98. The van der Waals surface area contributed by atoms with E-state index in [0.717, 1.165) is 27.8 Å². The lowest BCUT2D eigenvalue weighted by Gasteiger charge is -1.92. The fourth-order valence-electron chi connectivity index (χ4n) is 1.25. The largest absolute Gasteiger partial charge is 0.271 e. The minimum absolute atomic E-state index is 0.755. The van der Waals surface area contributed by atoms with Crippen LogP contribution in [0.1, 0.15) is 0 Å². The van der Waals surface area contributed by atoms with Crippen molar-refractivity contribution >= 4 is 38.4 Å². The first kappa shape index (κ1) is 9.03. The Bertz CT molecular complexity index is 424. The molecule has 0 saturated carbocycles. The van der Waals surface area contributed by atoms with Crippen molar-refractivity contribution in [3.05, 3.63) is 29.4 Å². The SMILES string of the molecule is Clc1ccc2nn(CCBr)cc2c1. The van der Waals surface area contributed by atoms with E-state index in [2.05, 4.69) is 21.0 Å². The van der Waals surface area contributed by atoms with E-state index in [1.165, 1.54) is 0 Å². The highest BCUT2D eigenvalue weighted by Crippen LogP contribution is 2.17. The Morgan fingerprint density at radius 2 is 2.31 bits per heavy atom. The van der Waals surface area contributed by atoms with Gasteiger partial charge in [0.05, 0.1) is 12.1 Å². The predicted octanol–water partition coefficient (Wildman–Crippen LogP) is 3.08. The van der Waals surface area contributed by atoms with E-state index in [4.69, 9.17) is 11.6 Å². The molecule has 0 N–H and O–H groups in total. The summed E-state index contributed by atoms with van der Waals surface area (Å²) >= 11 is 9.23. The van der Waals surface area contributed by atoms with Gasteiger partial charge < -0.3 is 0 Å². The highest BCUT2D eigenvalue weighted by Gasteiger charge is 1.99. The number of halogens is 2. The van der Waals surface area contributed by atoms with Crippen LogP contribution in [0.25, 0.3) is 10.9 Å². The number of aryl methyl sites for hydroxylation is 1. The van der Waals surface area contributed by atoms with Crippen LogP contribution in [0.3, 0.4) is 0 Å². The lowest BCUT2D eigenvalue weighted by atomic mass is 10.3. The van der Waals surface area contributed by atoms with E-state index in [1.807, 2.05) is 29.1 Å². The Labute approximate surface area is 89.6 Å². The van der Waals surface area contributed by atoms with Crippen molar-refractivity contribution in [2.45, 2.75) is 6.54 Å². The molecule has 0 aliphatic heterocycles. The van der Waals surface area contributed by atoms with E-state index in [-0.39, 0.29) is 0 Å². The van der Waals surface area contributed by atoms with Crippen molar-refractivity contribution < 1.29 is 0 Å². The molecule has 0 saturated heterocycles. The summed E-state index contributed by atoms with van der Waals surface area (Å²) in [6, 6.07) is 5.71. The molecule has 1 aromatic heterocycles. The molecule has 1 aromatic carbocycles. The quantitative estimate of drug-likeness (QED) is 0.758. The van der Waals surface area contributed by atoms with Gasteiger partial charge in [0.25, 0.3) is 0 Å². The van der Waals surface area contributed by atoms with Crippen LogP contribution >= 0.6 is 27.5 Å². The maximum atomic E-state index is 5.86. The smallest absolute Gasteiger partial charge is 0.0924 e. The first-order valence-corrected chi connectivity index (χ1v) is 5.48. The summed E-state index contributed by atoms with van der Waals surface area (Å²) in [5, 5.41) is 7.13. The molecular formula is C9H8BrClN2. The van der Waals surface area contributed by atoms with Crippen molar-refractivity contribution in [3.8, 4) is 0 Å². The second kappa shape index (κ2) is 3.68. The van der Waals surface area contributed by atoms with Crippen molar-refractivity contribution in [3.63, 3.8) is 0 Å². The van der Waals surface area contributed by atoms with Gasteiger partial charge in [0.2, 0.25) is 0 Å². The fraction of sp³-hybridized carbons (Fsp3) is 0.222. The van der Waals surface area contributed by atoms with Crippen LogP contribution in [0, 0.1) is 0 Å². The third kappa shape index (κ3) is 1.86. The lowest BCUT2D eigenvalue weighted by molar-refractivity contribution is 0.677. The molecule has 0 spiro atoms. The zero-order chi connectivity index (χ0) is 9.26. The Kier molecular flexibility index (Phi) is 2.56. The molecule has 4 heteroatoms. The number of nitrogens with zero attached hydrogens (tertiary/aromatic N) is 2. The molecule has 68 valence electrons. The fourth-order valence-corrected chi connectivity index (χ4v) is 1.79. The average molecular weight is 260 g/mol. The van der Waals surface area contributed by atoms with Gasteiger partial charge in [-0.3, -0.25) is 4.68 Å². The Hall–Kier alpha value is -0.540. The van der Waals surface area contributed by atoms with Crippen molar-refractivity contribution in [2.24, 2.45) is 0 Å². The van der Waals surface area contributed by atoms with Crippen molar-refractivity contribution in [1.29, 1.82) is 0 Å². The third-order valence-electron chi connectivity index (χ3n) is 1.83. The topological polar surface area (TPSA) is 17.8 Å². The molecule has 2 aromatic rings. The second-order valence-corrected chi connectivity index (χ2v) is 4.01.